The first-order valence-corrected chi connectivity index (χ1v) is 6.55. The zero-order chi connectivity index (χ0) is 14.2. The Morgan fingerprint density at radius 2 is 1.85 bits per heavy atom. The number of ether oxygens (including phenoxy) is 2. The van der Waals surface area contributed by atoms with E-state index in [2.05, 4.69) is 15.5 Å². The normalized spacial score (nSPS) is 10.5. The lowest BCUT2D eigenvalue weighted by Crippen LogP contribution is -2.07. The summed E-state index contributed by atoms with van der Waals surface area (Å²) in [6, 6.07) is 11.6. The summed E-state index contributed by atoms with van der Waals surface area (Å²) < 4.78 is 10.7. The minimum atomic E-state index is 0.495. The van der Waals surface area contributed by atoms with E-state index in [1.807, 2.05) is 43.4 Å². The van der Waals surface area contributed by atoms with Gasteiger partial charge in [0.05, 0.1) is 12.3 Å². The average molecular weight is 273 g/mol. The number of aromatic nitrogens is 2. The molecule has 0 fully saturated rings. The molecule has 0 aliphatic heterocycles. The SMILES string of the molecule is CNCc1ccc(Oc2ccc(CCOC)cc2)nn1. The van der Waals surface area contributed by atoms with E-state index >= 15 is 0 Å². The van der Waals surface area contributed by atoms with Gasteiger partial charge in [-0.15, -0.1) is 5.10 Å². The van der Waals surface area contributed by atoms with E-state index in [0.717, 1.165) is 24.5 Å². The fourth-order valence-electron chi connectivity index (χ4n) is 1.74. The summed E-state index contributed by atoms with van der Waals surface area (Å²) >= 11 is 0. The van der Waals surface area contributed by atoms with Crippen LogP contribution in [-0.2, 0) is 17.7 Å². The molecule has 0 amide bonds. The van der Waals surface area contributed by atoms with E-state index in [1.54, 1.807) is 7.11 Å². The van der Waals surface area contributed by atoms with Gasteiger partial charge >= 0.3 is 0 Å². The predicted molar refractivity (Wildman–Crippen MR) is 76.9 cm³/mol. The second-order valence-electron chi connectivity index (χ2n) is 4.38. The van der Waals surface area contributed by atoms with Crippen molar-refractivity contribution in [2.75, 3.05) is 20.8 Å². The van der Waals surface area contributed by atoms with E-state index < -0.39 is 0 Å². The first-order valence-electron chi connectivity index (χ1n) is 6.55. The highest BCUT2D eigenvalue weighted by atomic mass is 16.5. The molecule has 106 valence electrons. The predicted octanol–water partition coefficient (Wildman–Crippen LogP) is 2.18. The van der Waals surface area contributed by atoms with Crippen LogP contribution in [0, 0.1) is 0 Å². The van der Waals surface area contributed by atoms with E-state index in [4.69, 9.17) is 9.47 Å². The van der Waals surface area contributed by atoms with Crippen molar-refractivity contribution >= 4 is 0 Å². The van der Waals surface area contributed by atoms with Crippen molar-refractivity contribution in [3.05, 3.63) is 47.7 Å². The summed E-state index contributed by atoms with van der Waals surface area (Å²) in [6.07, 6.45) is 0.898. The van der Waals surface area contributed by atoms with E-state index in [-0.39, 0.29) is 0 Å². The first kappa shape index (κ1) is 14.4. The van der Waals surface area contributed by atoms with Crippen LogP contribution in [0.1, 0.15) is 11.3 Å². The van der Waals surface area contributed by atoms with Gasteiger partial charge in [-0.2, -0.15) is 5.10 Å². The summed E-state index contributed by atoms with van der Waals surface area (Å²) in [7, 11) is 3.57. The lowest BCUT2D eigenvalue weighted by atomic mass is 10.1. The van der Waals surface area contributed by atoms with E-state index in [9.17, 15) is 0 Å². The van der Waals surface area contributed by atoms with E-state index in [1.165, 1.54) is 5.56 Å². The molecule has 20 heavy (non-hydrogen) atoms. The van der Waals surface area contributed by atoms with Gasteiger partial charge in [0, 0.05) is 19.7 Å². The maximum Gasteiger partial charge on any atom is 0.238 e. The number of nitrogens with zero attached hydrogens (tertiary/aromatic N) is 2. The topological polar surface area (TPSA) is 56.3 Å². The Kier molecular flexibility index (Phi) is 5.46. The Morgan fingerprint density at radius 1 is 1.05 bits per heavy atom. The van der Waals surface area contributed by atoms with Crippen molar-refractivity contribution in [3.63, 3.8) is 0 Å². The second-order valence-corrected chi connectivity index (χ2v) is 4.38. The van der Waals surface area contributed by atoms with Crippen molar-refractivity contribution in [1.82, 2.24) is 15.5 Å². The molecular formula is C15H19N3O2. The van der Waals surface area contributed by atoms with Crippen molar-refractivity contribution in [2.45, 2.75) is 13.0 Å². The molecule has 1 heterocycles. The number of methoxy groups -OCH3 is 1. The van der Waals surface area contributed by atoms with Crippen molar-refractivity contribution in [1.29, 1.82) is 0 Å². The third-order valence-corrected chi connectivity index (χ3v) is 2.79. The minimum absolute atomic E-state index is 0.495. The number of hydrogen-bond acceptors (Lipinski definition) is 5. The van der Waals surface area contributed by atoms with Crippen LogP contribution in [0.5, 0.6) is 11.6 Å². The largest absolute Gasteiger partial charge is 0.438 e. The fourth-order valence-corrected chi connectivity index (χ4v) is 1.74. The Labute approximate surface area is 118 Å². The van der Waals surface area contributed by atoms with Crippen LogP contribution in [0.4, 0.5) is 0 Å². The maximum absolute atomic E-state index is 5.65. The highest BCUT2D eigenvalue weighted by Crippen LogP contribution is 2.19. The molecule has 5 heteroatoms. The molecule has 1 N–H and O–H groups in total. The van der Waals surface area contributed by atoms with Gasteiger partial charge in [-0.1, -0.05) is 12.1 Å². The van der Waals surface area contributed by atoms with Gasteiger partial charge in [-0.3, -0.25) is 0 Å². The molecular weight excluding hydrogens is 254 g/mol. The summed E-state index contributed by atoms with van der Waals surface area (Å²) in [5.74, 6) is 1.25. The molecule has 0 bridgehead atoms. The smallest absolute Gasteiger partial charge is 0.238 e. The molecule has 1 aromatic heterocycles. The molecule has 2 rings (SSSR count). The number of rotatable bonds is 7. The fraction of sp³-hybridized carbons (Fsp3) is 0.333. The van der Waals surface area contributed by atoms with Crippen LogP contribution < -0.4 is 10.1 Å². The van der Waals surface area contributed by atoms with Crippen LogP contribution in [-0.4, -0.2) is 31.0 Å². The monoisotopic (exact) mass is 273 g/mol. The zero-order valence-corrected chi connectivity index (χ0v) is 11.8. The van der Waals surface area contributed by atoms with Gasteiger partial charge in [0.15, 0.2) is 0 Å². The Balaban J connectivity index is 1.95. The van der Waals surface area contributed by atoms with Crippen LogP contribution >= 0.6 is 0 Å². The lowest BCUT2D eigenvalue weighted by Gasteiger charge is -2.06. The zero-order valence-electron chi connectivity index (χ0n) is 11.8. The van der Waals surface area contributed by atoms with Gasteiger partial charge in [0.25, 0.3) is 0 Å². The molecule has 0 aliphatic rings. The highest BCUT2D eigenvalue weighted by molar-refractivity contribution is 5.30. The number of nitrogens with one attached hydrogen (secondary N) is 1. The molecule has 0 saturated heterocycles. The Bertz CT molecular complexity index is 512. The van der Waals surface area contributed by atoms with Gasteiger partial charge in [0.1, 0.15) is 5.75 Å². The Hall–Kier alpha value is -1.98. The first-order chi connectivity index (χ1) is 9.81. The standard InChI is InChI=1S/C15H19N3O2/c1-16-11-13-5-8-15(18-17-13)20-14-6-3-12(4-7-14)9-10-19-2/h3-8,16H,9-11H2,1-2H3. The van der Waals surface area contributed by atoms with Crippen LogP contribution in [0.3, 0.4) is 0 Å². The van der Waals surface area contributed by atoms with Crippen molar-refractivity contribution < 1.29 is 9.47 Å². The van der Waals surface area contributed by atoms with Crippen molar-refractivity contribution in [3.8, 4) is 11.6 Å². The third kappa shape index (κ3) is 4.29. The Morgan fingerprint density at radius 3 is 2.45 bits per heavy atom. The lowest BCUT2D eigenvalue weighted by molar-refractivity contribution is 0.202. The number of benzene rings is 1. The van der Waals surface area contributed by atoms with Gasteiger partial charge in [0.2, 0.25) is 5.88 Å². The molecule has 0 atom stereocenters. The van der Waals surface area contributed by atoms with Crippen LogP contribution in [0.2, 0.25) is 0 Å². The molecule has 1 aromatic carbocycles. The summed E-state index contributed by atoms with van der Waals surface area (Å²) in [5.41, 5.74) is 2.10. The molecule has 0 spiro atoms. The minimum Gasteiger partial charge on any atom is -0.438 e. The second kappa shape index (κ2) is 7.57. The summed E-state index contributed by atoms with van der Waals surface area (Å²) in [4.78, 5) is 0. The van der Waals surface area contributed by atoms with Gasteiger partial charge in [-0.05, 0) is 37.2 Å². The molecule has 2 aromatic rings. The maximum atomic E-state index is 5.65. The van der Waals surface area contributed by atoms with Crippen molar-refractivity contribution in [2.24, 2.45) is 0 Å². The summed E-state index contributed by atoms with van der Waals surface area (Å²) in [6.45, 7) is 1.42. The average Bonchev–Trinajstić information content (AvgIpc) is 2.49. The molecule has 5 nitrogen and oxygen atoms in total. The molecule has 0 unspecified atom stereocenters. The molecule has 0 aliphatic carbocycles. The molecule has 0 radical (unpaired) electrons. The van der Waals surface area contributed by atoms with Gasteiger partial charge in [-0.25, -0.2) is 0 Å². The van der Waals surface area contributed by atoms with E-state index in [0.29, 0.717) is 12.4 Å². The number of hydrogen-bond donors (Lipinski definition) is 1. The highest BCUT2D eigenvalue weighted by Gasteiger charge is 2.01. The third-order valence-electron chi connectivity index (χ3n) is 2.79. The quantitative estimate of drug-likeness (QED) is 0.838. The van der Waals surface area contributed by atoms with Gasteiger partial charge < -0.3 is 14.8 Å². The van der Waals surface area contributed by atoms with Crippen LogP contribution in [0.25, 0.3) is 0 Å². The summed E-state index contributed by atoms with van der Waals surface area (Å²) in [5, 5.41) is 11.1. The molecule has 0 saturated carbocycles. The van der Waals surface area contributed by atoms with Crippen LogP contribution in [0.15, 0.2) is 36.4 Å².